The quantitative estimate of drug-likeness (QED) is 0.751. The molecule has 4 fully saturated rings. The Bertz CT molecular complexity index is 443. The van der Waals surface area contributed by atoms with Crippen LogP contribution in [0.3, 0.4) is 0 Å². The molecule has 1 saturated heterocycles. The van der Waals surface area contributed by atoms with Crippen molar-refractivity contribution in [1.82, 2.24) is 4.90 Å². The topological polar surface area (TPSA) is 46.6 Å². The van der Waals surface area contributed by atoms with Crippen LogP contribution in [0.5, 0.6) is 0 Å². The van der Waals surface area contributed by atoms with Gasteiger partial charge < -0.3 is 9.64 Å². The molecule has 0 aromatic heterocycles. The van der Waals surface area contributed by atoms with Gasteiger partial charge in [-0.25, -0.2) is 0 Å². The van der Waals surface area contributed by atoms with Crippen molar-refractivity contribution in [3.05, 3.63) is 0 Å². The van der Waals surface area contributed by atoms with Crippen LogP contribution in [0.15, 0.2) is 0 Å². The van der Waals surface area contributed by atoms with Crippen molar-refractivity contribution in [2.45, 2.75) is 69.9 Å². The third-order valence-electron chi connectivity index (χ3n) is 6.20. The van der Waals surface area contributed by atoms with Crippen LogP contribution in [0.25, 0.3) is 0 Å². The highest BCUT2D eigenvalue weighted by atomic mass is 16.5. The molecule has 0 aromatic rings. The van der Waals surface area contributed by atoms with Gasteiger partial charge in [-0.1, -0.05) is 12.8 Å². The fourth-order valence-corrected chi connectivity index (χ4v) is 5.03. The molecule has 3 aliphatic carbocycles. The van der Waals surface area contributed by atoms with Gasteiger partial charge in [0.2, 0.25) is 5.91 Å². The SMILES string of the molecule is O=C(O[C@@H]1C[C@H]2CC[C@H]1C2)[C@@H]1CC(=O)N(C2CCCC2)C1. The standard InChI is InChI=1S/C17H25NO3/c19-16-9-13(10-18(16)14-3-1-2-4-14)17(20)21-15-8-11-5-6-12(15)7-11/h11-15H,1-10H2/t11-,12-,13+,15+/m0/s1. The van der Waals surface area contributed by atoms with E-state index in [1.807, 2.05) is 4.90 Å². The van der Waals surface area contributed by atoms with Gasteiger partial charge in [0.15, 0.2) is 0 Å². The lowest BCUT2D eigenvalue weighted by atomic mass is 9.97. The molecule has 2 bridgehead atoms. The fraction of sp³-hybridized carbons (Fsp3) is 0.882. The first kappa shape index (κ1) is 13.6. The maximum atomic E-state index is 12.4. The lowest BCUT2D eigenvalue weighted by molar-refractivity contribution is -0.156. The summed E-state index contributed by atoms with van der Waals surface area (Å²) in [7, 11) is 0. The Labute approximate surface area is 126 Å². The van der Waals surface area contributed by atoms with Crippen molar-refractivity contribution in [2.75, 3.05) is 6.54 Å². The van der Waals surface area contributed by atoms with Crippen molar-refractivity contribution >= 4 is 11.9 Å². The van der Waals surface area contributed by atoms with Gasteiger partial charge in [-0.3, -0.25) is 9.59 Å². The van der Waals surface area contributed by atoms with E-state index < -0.39 is 0 Å². The number of carbonyl (C=O) groups excluding carboxylic acids is 2. The number of carbonyl (C=O) groups is 2. The van der Waals surface area contributed by atoms with E-state index in [1.54, 1.807) is 0 Å². The van der Waals surface area contributed by atoms with Crippen molar-refractivity contribution < 1.29 is 14.3 Å². The monoisotopic (exact) mass is 291 g/mol. The third-order valence-corrected chi connectivity index (χ3v) is 6.20. The summed E-state index contributed by atoms with van der Waals surface area (Å²) in [6.45, 7) is 0.600. The smallest absolute Gasteiger partial charge is 0.311 e. The molecule has 1 amide bonds. The minimum Gasteiger partial charge on any atom is -0.462 e. The highest BCUT2D eigenvalue weighted by Crippen LogP contribution is 2.46. The van der Waals surface area contributed by atoms with Gasteiger partial charge in [-0.05, 0) is 50.4 Å². The number of amides is 1. The number of ether oxygens (including phenoxy) is 1. The van der Waals surface area contributed by atoms with E-state index in [0.717, 1.165) is 25.2 Å². The normalized spacial score (nSPS) is 39.4. The Hall–Kier alpha value is -1.06. The van der Waals surface area contributed by atoms with E-state index in [0.29, 0.717) is 24.9 Å². The number of hydrogen-bond acceptors (Lipinski definition) is 3. The highest BCUT2D eigenvalue weighted by molar-refractivity contribution is 5.87. The van der Waals surface area contributed by atoms with E-state index in [2.05, 4.69) is 0 Å². The Morgan fingerprint density at radius 3 is 2.57 bits per heavy atom. The van der Waals surface area contributed by atoms with Crippen molar-refractivity contribution in [2.24, 2.45) is 17.8 Å². The first-order chi connectivity index (χ1) is 10.2. The number of rotatable bonds is 3. The number of likely N-dealkylation sites (tertiary alicyclic amines) is 1. The largest absolute Gasteiger partial charge is 0.462 e. The summed E-state index contributed by atoms with van der Waals surface area (Å²) < 4.78 is 5.77. The van der Waals surface area contributed by atoms with E-state index in [-0.39, 0.29) is 23.9 Å². The molecule has 4 atom stereocenters. The number of esters is 1. The lowest BCUT2D eigenvalue weighted by Crippen LogP contribution is -2.35. The molecule has 3 saturated carbocycles. The Balaban J connectivity index is 1.34. The average Bonchev–Trinajstić information content (AvgIpc) is 3.22. The van der Waals surface area contributed by atoms with Gasteiger partial charge in [0, 0.05) is 19.0 Å². The van der Waals surface area contributed by atoms with Crippen molar-refractivity contribution in [1.29, 1.82) is 0 Å². The summed E-state index contributed by atoms with van der Waals surface area (Å²) >= 11 is 0. The van der Waals surface area contributed by atoms with Crippen LogP contribution in [0.1, 0.15) is 57.8 Å². The molecular formula is C17H25NO3. The zero-order valence-electron chi connectivity index (χ0n) is 12.6. The van der Waals surface area contributed by atoms with Gasteiger partial charge >= 0.3 is 5.97 Å². The predicted octanol–water partition coefficient (Wildman–Crippen LogP) is 2.51. The summed E-state index contributed by atoms with van der Waals surface area (Å²) in [5.74, 6) is 1.23. The number of nitrogens with zero attached hydrogens (tertiary/aromatic N) is 1. The molecule has 0 unspecified atom stereocenters. The molecule has 0 aromatic carbocycles. The van der Waals surface area contributed by atoms with Crippen LogP contribution in [0.2, 0.25) is 0 Å². The molecule has 116 valence electrons. The molecule has 4 aliphatic rings. The lowest BCUT2D eigenvalue weighted by Gasteiger charge is -2.25. The zero-order valence-corrected chi connectivity index (χ0v) is 12.6. The molecule has 4 nitrogen and oxygen atoms in total. The van der Waals surface area contributed by atoms with Gasteiger partial charge in [0.1, 0.15) is 6.10 Å². The maximum absolute atomic E-state index is 12.4. The second kappa shape index (κ2) is 5.29. The molecule has 4 heteroatoms. The fourth-order valence-electron chi connectivity index (χ4n) is 5.03. The van der Waals surface area contributed by atoms with Crippen LogP contribution in [0.4, 0.5) is 0 Å². The van der Waals surface area contributed by atoms with Gasteiger partial charge in [-0.2, -0.15) is 0 Å². The predicted molar refractivity (Wildman–Crippen MR) is 77.4 cm³/mol. The molecule has 1 aliphatic heterocycles. The summed E-state index contributed by atoms with van der Waals surface area (Å²) in [6, 6.07) is 0.387. The summed E-state index contributed by atoms with van der Waals surface area (Å²) in [5.41, 5.74) is 0. The Morgan fingerprint density at radius 1 is 1.10 bits per heavy atom. The molecule has 0 radical (unpaired) electrons. The van der Waals surface area contributed by atoms with Crippen molar-refractivity contribution in [3.8, 4) is 0 Å². The minimum absolute atomic E-state index is 0.110. The highest BCUT2D eigenvalue weighted by Gasteiger charge is 2.44. The maximum Gasteiger partial charge on any atom is 0.311 e. The molecular weight excluding hydrogens is 266 g/mol. The van der Waals surface area contributed by atoms with E-state index in [4.69, 9.17) is 4.74 Å². The molecule has 1 heterocycles. The van der Waals surface area contributed by atoms with Gasteiger partial charge in [0.25, 0.3) is 0 Å². The number of hydrogen-bond donors (Lipinski definition) is 0. The second-order valence-corrected chi connectivity index (χ2v) is 7.54. The Kier molecular flexibility index (Phi) is 3.43. The molecule has 0 spiro atoms. The Morgan fingerprint density at radius 2 is 1.90 bits per heavy atom. The summed E-state index contributed by atoms with van der Waals surface area (Å²) in [4.78, 5) is 26.5. The van der Waals surface area contributed by atoms with E-state index in [9.17, 15) is 9.59 Å². The first-order valence-electron chi connectivity index (χ1n) is 8.70. The molecule has 4 rings (SSSR count). The van der Waals surface area contributed by atoms with Crippen LogP contribution in [-0.4, -0.2) is 35.5 Å². The second-order valence-electron chi connectivity index (χ2n) is 7.54. The minimum atomic E-state index is -0.211. The van der Waals surface area contributed by atoms with Gasteiger partial charge in [-0.15, -0.1) is 0 Å². The van der Waals surface area contributed by atoms with E-state index in [1.165, 1.54) is 32.1 Å². The van der Waals surface area contributed by atoms with E-state index >= 15 is 0 Å². The van der Waals surface area contributed by atoms with Crippen LogP contribution < -0.4 is 0 Å². The summed E-state index contributed by atoms with van der Waals surface area (Å²) in [5, 5.41) is 0. The average molecular weight is 291 g/mol. The van der Waals surface area contributed by atoms with Crippen molar-refractivity contribution in [3.63, 3.8) is 0 Å². The zero-order chi connectivity index (χ0) is 14.4. The number of fused-ring (bicyclic) bond motifs is 2. The molecule has 0 N–H and O–H groups in total. The van der Waals surface area contributed by atoms with Crippen LogP contribution in [0, 0.1) is 17.8 Å². The van der Waals surface area contributed by atoms with Crippen LogP contribution >= 0.6 is 0 Å². The third kappa shape index (κ3) is 2.47. The molecule has 21 heavy (non-hydrogen) atoms. The van der Waals surface area contributed by atoms with Gasteiger partial charge in [0.05, 0.1) is 5.92 Å². The first-order valence-corrected chi connectivity index (χ1v) is 8.70. The summed E-state index contributed by atoms with van der Waals surface area (Å²) in [6.07, 6.45) is 10.0. The van der Waals surface area contributed by atoms with Crippen LogP contribution in [-0.2, 0) is 14.3 Å².